The van der Waals surface area contributed by atoms with Gasteiger partial charge < -0.3 is 20.7 Å². The van der Waals surface area contributed by atoms with E-state index in [9.17, 15) is 4.79 Å². The highest BCUT2D eigenvalue weighted by molar-refractivity contribution is 5.64. The van der Waals surface area contributed by atoms with Crippen molar-refractivity contribution in [3.63, 3.8) is 0 Å². The summed E-state index contributed by atoms with van der Waals surface area (Å²) in [4.78, 5) is 9.60. The molecule has 4 N–H and O–H groups in total. The molecule has 0 radical (unpaired) electrons. The van der Waals surface area contributed by atoms with Crippen LogP contribution in [0, 0.1) is 0 Å². The van der Waals surface area contributed by atoms with Gasteiger partial charge in [-0.3, -0.25) is 0 Å². The molecule has 0 aliphatic carbocycles. The summed E-state index contributed by atoms with van der Waals surface area (Å²) in [6.07, 6.45) is -0.711. The predicted octanol–water partition coefficient (Wildman–Crippen LogP) is 2.89. The topological polar surface area (TPSA) is 92.8 Å². The number of phenolic OH excluding ortho intramolecular Hbond substituents is 2. The third kappa shape index (κ3) is 11.8. The molecule has 0 spiro atoms. The predicted molar refractivity (Wildman–Crippen MR) is 77.4 cm³/mol. The minimum atomic E-state index is -0.711. The lowest BCUT2D eigenvalue weighted by Crippen LogP contribution is -2.11. The Morgan fingerprint density at radius 2 is 1.30 bits per heavy atom. The molecule has 0 aromatic heterocycles. The lowest BCUT2D eigenvalue weighted by Gasteiger charge is -1.89. The van der Waals surface area contributed by atoms with Crippen LogP contribution in [0.25, 0.3) is 0 Å². The van der Waals surface area contributed by atoms with Gasteiger partial charge in [-0.1, -0.05) is 36.4 Å². The monoisotopic (exact) mass is 277 g/mol. The van der Waals surface area contributed by atoms with Crippen molar-refractivity contribution in [3.05, 3.63) is 60.7 Å². The Balaban J connectivity index is 0.000000272. The maximum Gasteiger partial charge on any atom is 0.404 e. The van der Waals surface area contributed by atoms with Crippen LogP contribution < -0.4 is 5.73 Å². The third-order valence-corrected chi connectivity index (χ3v) is 1.80. The first-order valence-electron chi connectivity index (χ1n) is 5.96. The maximum atomic E-state index is 9.60. The zero-order chi connectivity index (χ0) is 15.2. The quantitative estimate of drug-likeness (QED) is 0.747. The highest BCUT2D eigenvalue weighted by Gasteiger charge is 1.82. The van der Waals surface area contributed by atoms with Crippen molar-refractivity contribution < 1.29 is 19.7 Å². The standard InChI is InChI=1S/2C6H6O.C3H7NO2/c2*7-6-4-2-1-3-5-6;1-2-6-3(4)5/h2*1-5,7H;2H2,1H3,(H2,4,5). The first kappa shape index (κ1) is 17.3. The number of nitrogens with two attached hydrogens (primary N) is 1. The molecule has 2 aromatic rings. The summed E-state index contributed by atoms with van der Waals surface area (Å²) in [5.74, 6) is 0.644. The molecule has 5 heteroatoms. The van der Waals surface area contributed by atoms with E-state index < -0.39 is 6.09 Å². The van der Waals surface area contributed by atoms with Gasteiger partial charge in [-0.05, 0) is 31.2 Å². The van der Waals surface area contributed by atoms with Crippen molar-refractivity contribution >= 4 is 6.09 Å². The lowest BCUT2D eigenvalue weighted by atomic mass is 10.3. The molecule has 0 aliphatic rings. The smallest absolute Gasteiger partial charge is 0.404 e. The first-order valence-corrected chi connectivity index (χ1v) is 5.96. The number of hydrogen-bond donors (Lipinski definition) is 3. The SMILES string of the molecule is CCOC(N)=O.Oc1ccccc1.Oc1ccccc1. The Kier molecular flexibility index (Phi) is 9.87. The van der Waals surface area contributed by atoms with Crippen LogP contribution in [0.1, 0.15) is 6.92 Å². The zero-order valence-corrected chi connectivity index (χ0v) is 11.3. The Labute approximate surface area is 118 Å². The van der Waals surface area contributed by atoms with Crippen molar-refractivity contribution in [1.29, 1.82) is 0 Å². The lowest BCUT2D eigenvalue weighted by molar-refractivity contribution is 0.163. The Hall–Kier alpha value is -2.69. The molecule has 0 heterocycles. The van der Waals surface area contributed by atoms with E-state index in [1.807, 2.05) is 12.1 Å². The Bertz CT molecular complexity index is 422. The van der Waals surface area contributed by atoms with Crippen LogP contribution in [0.3, 0.4) is 0 Å². The summed E-state index contributed by atoms with van der Waals surface area (Å²) < 4.78 is 4.18. The van der Waals surface area contributed by atoms with Crippen molar-refractivity contribution in [3.8, 4) is 11.5 Å². The van der Waals surface area contributed by atoms with Crippen molar-refractivity contribution in [2.24, 2.45) is 5.73 Å². The molecule has 20 heavy (non-hydrogen) atoms. The molecular formula is C15H19NO4. The van der Waals surface area contributed by atoms with Crippen LogP contribution in [-0.4, -0.2) is 22.9 Å². The highest BCUT2D eigenvalue weighted by atomic mass is 16.5. The number of primary amides is 1. The fourth-order valence-electron chi connectivity index (χ4n) is 0.998. The first-order chi connectivity index (χ1) is 9.56. The largest absolute Gasteiger partial charge is 0.508 e. The van der Waals surface area contributed by atoms with Crippen LogP contribution in [0.5, 0.6) is 11.5 Å². The molecule has 1 amide bonds. The molecule has 0 aliphatic heterocycles. The number of aromatic hydroxyl groups is 2. The second-order valence-corrected chi connectivity index (χ2v) is 3.42. The van der Waals surface area contributed by atoms with Gasteiger partial charge >= 0.3 is 6.09 Å². The summed E-state index contributed by atoms with van der Waals surface area (Å²) in [6, 6.07) is 17.4. The average Bonchev–Trinajstić information content (AvgIpc) is 2.42. The van der Waals surface area contributed by atoms with E-state index in [1.165, 1.54) is 0 Å². The van der Waals surface area contributed by atoms with Gasteiger partial charge in [0.05, 0.1) is 6.61 Å². The Morgan fingerprint density at radius 1 is 0.950 bits per heavy atom. The number of phenols is 2. The van der Waals surface area contributed by atoms with Gasteiger partial charge in [0.15, 0.2) is 0 Å². The molecule has 0 fully saturated rings. The number of benzene rings is 2. The minimum absolute atomic E-state index is 0.322. The maximum absolute atomic E-state index is 9.60. The molecule has 0 bridgehead atoms. The summed E-state index contributed by atoms with van der Waals surface area (Å²) in [5.41, 5.74) is 4.54. The van der Waals surface area contributed by atoms with Gasteiger partial charge in [-0.15, -0.1) is 0 Å². The summed E-state index contributed by atoms with van der Waals surface area (Å²) in [6.45, 7) is 2.06. The van der Waals surface area contributed by atoms with Crippen molar-refractivity contribution in [1.82, 2.24) is 0 Å². The van der Waals surface area contributed by atoms with Crippen LogP contribution >= 0.6 is 0 Å². The molecule has 0 saturated carbocycles. The fraction of sp³-hybridized carbons (Fsp3) is 0.133. The number of carbonyl (C=O) groups excluding carboxylic acids is 1. The molecular weight excluding hydrogens is 258 g/mol. The molecule has 0 unspecified atom stereocenters. The molecule has 2 aromatic carbocycles. The number of rotatable bonds is 1. The van der Waals surface area contributed by atoms with Gasteiger partial charge in [-0.25, -0.2) is 4.79 Å². The molecule has 2 rings (SSSR count). The van der Waals surface area contributed by atoms with E-state index in [1.54, 1.807) is 55.5 Å². The van der Waals surface area contributed by atoms with Gasteiger partial charge in [-0.2, -0.15) is 0 Å². The average molecular weight is 277 g/mol. The van der Waals surface area contributed by atoms with Crippen molar-refractivity contribution in [2.45, 2.75) is 6.92 Å². The Morgan fingerprint density at radius 3 is 1.40 bits per heavy atom. The number of para-hydroxylation sites is 2. The summed E-state index contributed by atoms with van der Waals surface area (Å²) in [5, 5.41) is 17.3. The van der Waals surface area contributed by atoms with E-state index in [4.69, 9.17) is 10.2 Å². The summed E-state index contributed by atoms with van der Waals surface area (Å²) >= 11 is 0. The van der Waals surface area contributed by atoms with Crippen LogP contribution in [0.2, 0.25) is 0 Å². The summed E-state index contributed by atoms with van der Waals surface area (Å²) in [7, 11) is 0. The van der Waals surface area contributed by atoms with E-state index in [-0.39, 0.29) is 0 Å². The van der Waals surface area contributed by atoms with Gasteiger partial charge in [0, 0.05) is 0 Å². The number of ether oxygens (including phenoxy) is 1. The molecule has 0 saturated heterocycles. The fourth-order valence-corrected chi connectivity index (χ4v) is 0.998. The third-order valence-electron chi connectivity index (χ3n) is 1.80. The molecule has 5 nitrogen and oxygen atoms in total. The zero-order valence-electron chi connectivity index (χ0n) is 11.3. The molecule has 0 atom stereocenters. The van der Waals surface area contributed by atoms with E-state index in [0.29, 0.717) is 18.1 Å². The highest BCUT2D eigenvalue weighted by Crippen LogP contribution is 2.03. The van der Waals surface area contributed by atoms with Crippen LogP contribution in [0.4, 0.5) is 4.79 Å². The van der Waals surface area contributed by atoms with Gasteiger partial charge in [0.2, 0.25) is 0 Å². The minimum Gasteiger partial charge on any atom is -0.508 e. The van der Waals surface area contributed by atoms with E-state index >= 15 is 0 Å². The van der Waals surface area contributed by atoms with Gasteiger partial charge in [0.1, 0.15) is 11.5 Å². The number of amides is 1. The number of carbonyl (C=O) groups is 1. The second-order valence-electron chi connectivity index (χ2n) is 3.42. The van der Waals surface area contributed by atoms with E-state index in [0.717, 1.165) is 0 Å². The van der Waals surface area contributed by atoms with E-state index in [2.05, 4.69) is 10.5 Å². The number of hydrogen-bond acceptors (Lipinski definition) is 4. The van der Waals surface area contributed by atoms with Crippen LogP contribution in [0.15, 0.2) is 60.7 Å². The normalized spacial score (nSPS) is 8.25. The second kappa shape index (κ2) is 11.4. The van der Waals surface area contributed by atoms with Gasteiger partial charge in [0.25, 0.3) is 0 Å². The molecule has 108 valence electrons. The van der Waals surface area contributed by atoms with Crippen molar-refractivity contribution in [2.75, 3.05) is 6.61 Å². The van der Waals surface area contributed by atoms with Crippen LogP contribution in [-0.2, 0) is 4.74 Å².